The Kier molecular flexibility index (Phi) is 9.76. The molecule has 0 aliphatic rings. The molecule has 0 aliphatic heterocycles. The molecule has 2 unspecified atom stereocenters. The lowest BCUT2D eigenvalue weighted by atomic mass is 9.88. The van der Waals surface area contributed by atoms with E-state index in [4.69, 9.17) is 23.2 Å². The molecule has 0 saturated carbocycles. The third-order valence-corrected chi connectivity index (χ3v) is 6.89. The van der Waals surface area contributed by atoms with Crippen molar-refractivity contribution in [2.24, 2.45) is 0 Å². The zero-order valence-electron chi connectivity index (χ0n) is 20.4. The van der Waals surface area contributed by atoms with Crippen LogP contribution < -0.4 is 5.32 Å². The van der Waals surface area contributed by atoms with Crippen LogP contribution in [0.1, 0.15) is 56.2 Å². The summed E-state index contributed by atoms with van der Waals surface area (Å²) in [7, 11) is 0. The van der Waals surface area contributed by atoms with Crippen molar-refractivity contribution in [1.29, 1.82) is 0 Å². The third kappa shape index (κ3) is 7.33. The zero-order chi connectivity index (χ0) is 25.4. The van der Waals surface area contributed by atoms with E-state index in [0.29, 0.717) is 10.0 Å². The van der Waals surface area contributed by atoms with Crippen LogP contribution in [0.2, 0.25) is 10.0 Å². The highest BCUT2D eigenvalue weighted by Crippen LogP contribution is 2.30. The number of benzene rings is 3. The van der Waals surface area contributed by atoms with Gasteiger partial charge in [-0.05, 0) is 49.1 Å². The van der Waals surface area contributed by atoms with Crippen LogP contribution in [-0.2, 0) is 16.1 Å². The van der Waals surface area contributed by atoms with Gasteiger partial charge in [0.25, 0.3) is 0 Å². The molecule has 2 amide bonds. The molecule has 0 fully saturated rings. The minimum Gasteiger partial charge on any atom is -0.352 e. The first kappa shape index (κ1) is 26.8. The molecule has 3 rings (SSSR count). The van der Waals surface area contributed by atoms with Crippen molar-refractivity contribution in [2.45, 2.75) is 58.2 Å². The Hall–Kier alpha value is -2.82. The molecule has 2 atom stereocenters. The quantitative estimate of drug-likeness (QED) is 0.324. The first-order valence-electron chi connectivity index (χ1n) is 11.9. The molecule has 35 heavy (non-hydrogen) atoms. The average molecular weight is 511 g/mol. The van der Waals surface area contributed by atoms with Gasteiger partial charge in [-0.2, -0.15) is 0 Å². The van der Waals surface area contributed by atoms with Crippen molar-refractivity contribution >= 4 is 35.0 Å². The Morgan fingerprint density at radius 2 is 1.46 bits per heavy atom. The maximum atomic E-state index is 13.9. The molecule has 0 radical (unpaired) electrons. The van der Waals surface area contributed by atoms with Gasteiger partial charge in [-0.1, -0.05) is 96.9 Å². The number of rotatable bonds is 10. The monoisotopic (exact) mass is 510 g/mol. The lowest BCUT2D eigenvalue weighted by Crippen LogP contribution is -2.49. The van der Waals surface area contributed by atoms with Crippen LogP contribution in [0.3, 0.4) is 0 Å². The van der Waals surface area contributed by atoms with Gasteiger partial charge in [-0.25, -0.2) is 0 Å². The second-order valence-electron chi connectivity index (χ2n) is 8.83. The maximum Gasteiger partial charge on any atom is 0.242 e. The molecule has 3 aromatic carbocycles. The van der Waals surface area contributed by atoms with Gasteiger partial charge in [0.05, 0.1) is 0 Å². The van der Waals surface area contributed by atoms with Gasteiger partial charge in [0, 0.05) is 35.0 Å². The smallest absolute Gasteiger partial charge is 0.242 e. The largest absolute Gasteiger partial charge is 0.352 e. The molecule has 6 heteroatoms. The number of carbonyl (C=O) groups excluding carboxylic acids is 2. The van der Waals surface area contributed by atoms with Gasteiger partial charge < -0.3 is 10.2 Å². The standard InChI is InChI=1S/C29H32Cl2N2O2/c1-4-20(2)32-29(35)21(3)33(19-24-15-16-25(30)17-27(24)31)28(34)18-26(22-11-7-5-8-12-22)23-13-9-6-10-14-23/h5-17,20-21,26H,4,18-19H2,1-3H3,(H,32,35). The normalized spacial score (nSPS) is 12.7. The fourth-order valence-corrected chi connectivity index (χ4v) is 4.44. The molecule has 3 aromatic rings. The maximum absolute atomic E-state index is 13.9. The van der Waals surface area contributed by atoms with E-state index in [9.17, 15) is 9.59 Å². The fraction of sp³-hybridized carbons (Fsp3) is 0.310. The predicted molar refractivity (Wildman–Crippen MR) is 144 cm³/mol. The Balaban J connectivity index is 1.93. The summed E-state index contributed by atoms with van der Waals surface area (Å²) >= 11 is 12.5. The van der Waals surface area contributed by atoms with Crippen LogP contribution in [0.4, 0.5) is 0 Å². The van der Waals surface area contributed by atoms with E-state index in [1.807, 2.05) is 74.5 Å². The van der Waals surface area contributed by atoms with Gasteiger partial charge in [0.15, 0.2) is 0 Å². The van der Waals surface area contributed by atoms with Crippen molar-refractivity contribution in [1.82, 2.24) is 10.2 Å². The molecule has 0 saturated heterocycles. The summed E-state index contributed by atoms with van der Waals surface area (Å²) in [5.74, 6) is -0.452. The summed E-state index contributed by atoms with van der Waals surface area (Å²) in [6.07, 6.45) is 1.03. The van der Waals surface area contributed by atoms with Gasteiger partial charge in [-0.15, -0.1) is 0 Å². The van der Waals surface area contributed by atoms with E-state index in [2.05, 4.69) is 5.32 Å². The molecule has 4 nitrogen and oxygen atoms in total. The molecule has 184 valence electrons. The van der Waals surface area contributed by atoms with Crippen molar-refractivity contribution in [3.8, 4) is 0 Å². The van der Waals surface area contributed by atoms with E-state index < -0.39 is 6.04 Å². The number of carbonyl (C=O) groups is 2. The van der Waals surface area contributed by atoms with E-state index in [1.54, 1.807) is 30.0 Å². The summed E-state index contributed by atoms with van der Waals surface area (Å²) in [4.78, 5) is 28.5. The van der Waals surface area contributed by atoms with Crippen LogP contribution in [0, 0.1) is 0 Å². The van der Waals surface area contributed by atoms with E-state index >= 15 is 0 Å². The third-order valence-electron chi connectivity index (χ3n) is 6.31. The van der Waals surface area contributed by atoms with Crippen molar-refractivity contribution in [3.63, 3.8) is 0 Å². The summed E-state index contributed by atoms with van der Waals surface area (Å²) in [6.45, 7) is 5.93. The number of nitrogens with one attached hydrogen (secondary N) is 1. The SMILES string of the molecule is CCC(C)NC(=O)C(C)N(Cc1ccc(Cl)cc1Cl)C(=O)CC(c1ccccc1)c1ccccc1. The lowest BCUT2D eigenvalue weighted by molar-refractivity contribution is -0.141. The Morgan fingerprint density at radius 1 is 0.886 bits per heavy atom. The van der Waals surface area contributed by atoms with Gasteiger partial charge in [0.2, 0.25) is 11.8 Å². The predicted octanol–water partition coefficient (Wildman–Crippen LogP) is 6.85. The first-order chi connectivity index (χ1) is 16.8. The molecule has 0 aliphatic carbocycles. The summed E-state index contributed by atoms with van der Waals surface area (Å²) in [5.41, 5.74) is 2.84. The molecule has 1 N–H and O–H groups in total. The molecular weight excluding hydrogens is 479 g/mol. The fourth-order valence-electron chi connectivity index (χ4n) is 3.97. The molecule has 0 bridgehead atoms. The summed E-state index contributed by atoms with van der Waals surface area (Å²) in [6, 6.07) is 24.5. The second kappa shape index (κ2) is 12.8. The van der Waals surface area contributed by atoms with Crippen molar-refractivity contribution < 1.29 is 9.59 Å². The summed E-state index contributed by atoms with van der Waals surface area (Å²) in [5, 5.41) is 3.99. The highest BCUT2D eigenvalue weighted by molar-refractivity contribution is 6.35. The highest BCUT2D eigenvalue weighted by Gasteiger charge is 2.30. The lowest BCUT2D eigenvalue weighted by Gasteiger charge is -2.31. The number of hydrogen-bond donors (Lipinski definition) is 1. The number of nitrogens with zero attached hydrogens (tertiary/aromatic N) is 1. The highest BCUT2D eigenvalue weighted by atomic mass is 35.5. The van der Waals surface area contributed by atoms with Crippen LogP contribution in [0.5, 0.6) is 0 Å². The Bertz CT molecular complexity index is 1080. The number of amides is 2. The van der Waals surface area contributed by atoms with E-state index in [-0.39, 0.29) is 36.7 Å². The topological polar surface area (TPSA) is 49.4 Å². The van der Waals surface area contributed by atoms with Gasteiger partial charge in [-0.3, -0.25) is 9.59 Å². The number of halogens is 2. The minimum absolute atomic E-state index is 0.0161. The molecule has 0 spiro atoms. The van der Waals surface area contributed by atoms with Crippen LogP contribution in [0.25, 0.3) is 0 Å². The van der Waals surface area contributed by atoms with Crippen molar-refractivity contribution in [3.05, 3.63) is 106 Å². The van der Waals surface area contributed by atoms with Crippen LogP contribution in [-0.4, -0.2) is 28.8 Å². The zero-order valence-corrected chi connectivity index (χ0v) is 21.9. The first-order valence-corrected chi connectivity index (χ1v) is 12.7. The molecule has 0 aromatic heterocycles. The van der Waals surface area contributed by atoms with Crippen LogP contribution >= 0.6 is 23.2 Å². The Labute approximate surface area is 218 Å². The van der Waals surface area contributed by atoms with Crippen LogP contribution in [0.15, 0.2) is 78.9 Å². The summed E-state index contributed by atoms with van der Waals surface area (Å²) < 4.78 is 0. The average Bonchev–Trinajstić information content (AvgIpc) is 2.87. The minimum atomic E-state index is -0.671. The van der Waals surface area contributed by atoms with E-state index in [1.165, 1.54) is 0 Å². The van der Waals surface area contributed by atoms with Crippen molar-refractivity contribution in [2.75, 3.05) is 0 Å². The Morgan fingerprint density at radius 3 is 1.97 bits per heavy atom. The van der Waals surface area contributed by atoms with Gasteiger partial charge in [0.1, 0.15) is 6.04 Å². The van der Waals surface area contributed by atoms with E-state index in [0.717, 1.165) is 23.1 Å². The number of hydrogen-bond acceptors (Lipinski definition) is 2. The second-order valence-corrected chi connectivity index (χ2v) is 9.67. The molecular formula is C29H32Cl2N2O2. The van der Waals surface area contributed by atoms with Gasteiger partial charge >= 0.3 is 0 Å². The molecule has 0 heterocycles.